The molecule has 1 aliphatic heterocycles. The molecule has 0 aromatic rings. The summed E-state index contributed by atoms with van der Waals surface area (Å²) in [6.45, 7) is 6.80. The fourth-order valence-electron chi connectivity index (χ4n) is 3.05. The van der Waals surface area contributed by atoms with Gasteiger partial charge in [-0.1, -0.05) is 20.8 Å². The average Bonchev–Trinajstić information content (AvgIpc) is 2.21. The van der Waals surface area contributed by atoms with Gasteiger partial charge in [-0.2, -0.15) is 0 Å². The lowest BCUT2D eigenvalue weighted by atomic mass is 9.58. The normalized spacial score (nSPS) is 35.0. The Balaban J connectivity index is 2.32. The standard InChI is InChI=1S/C11H17NO3/c1-10(2,3)11-5-4-7(13)8(11)12(6-11)9(14)15/h8H,4-6H2,1-3H3,(H,14,15)/t8-,11+/m0/s1. The predicted octanol–water partition coefficient (Wildman–Crippen LogP) is 1.74. The number of likely N-dealkylation sites (tertiary alicyclic amines) is 1. The zero-order valence-electron chi connectivity index (χ0n) is 9.41. The number of ketones is 1. The fraction of sp³-hybridized carbons (Fsp3) is 0.818. The summed E-state index contributed by atoms with van der Waals surface area (Å²) in [5.74, 6) is 0.0959. The second-order valence-corrected chi connectivity index (χ2v) is 5.69. The van der Waals surface area contributed by atoms with Gasteiger partial charge in [0, 0.05) is 18.4 Å². The maximum Gasteiger partial charge on any atom is 0.407 e. The third-order valence-electron chi connectivity index (χ3n) is 4.15. The van der Waals surface area contributed by atoms with E-state index in [9.17, 15) is 9.59 Å². The number of hydrogen-bond donors (Lipinski definition) is 1. The van der Waals surface area contributed by atoms with Gasteiger partial charge in [0.15, 0.2) is 5.78 Å². The van der Waals surface area contributed by atoms with Crippen LogP contribution < -0.4 is 0 Å². The Kier molecular flexibility index (Phi) is 1.91. The van der Waals surface area contributed by atoms with E-state index < -0.39 is 6.09 Å². The molecule has 1 saturated heterocycles. The van der Waals surface area contributed by atoms with Crippen molar-refractivity contribution in [1.82, 2.24) is 4.90 Å². The number of Topliss-reactive ketones (excluding diaryl/α,β-unsaturated/α-hetero) is 1. The van der Waals surface area contributed by atoms with Crippen LogP contribution in [0.25, 0.3) is 0 Å². The van der Waals surface area contributed by atoms with Crippen LogP contribution in [-0.4, -0.2) is 34.5 Å². The van der Waals surface area contributed by atoms with E-state index >= 15 is 0 Å². The number of amides is 1. The van der Waals surface area contributed by atoms with Crippen molar-refractivity contribution in [2.24, 2.45) is 10.8 Å². The van der Waals surface area contributed by atoms with E-state index in [1.54, 1.807) is 0 Å². The van der Waals surface area contributed by atoms with Crippen molar-refractivity contribution in [1.29, 1.82) is 0 Å². The first-order valence-electron chi connectivity index (χ1n) is 5.32. The minimum Gasteiger partial charge on any atom is -0.465 e. The van der Waals surface area contributed by atoms with Gasteiger partial charge in [0.25, 0.3) is 0 Å². The monoisotopic (exact) mass is 211 g/mol. The van der Waals surface area contributed by atoms with Crippen molar-refractivity contribution < 1.29 is 14.7 Å². The Labute approximate surface area is 89.3 Å². The van der Waals surface area contributed by atoms with Crippen LogP contribution in [0.2, 0.25) is 0 Å². The molecule has 0 bridgehead atoms. The maximum atomic E-state index is 11.7. The van der Waals surface area contributed by atoms with Gasteiger partial charge in [0.05, 0.1) is 0 Å². The van der Waals surface area contributed by atoms with Gasteiger partial charge in [-0.05, 0) is 11.8 Å². The predicted molar refractivity (Wildman–Crippen MR) is 54.6 cm³/mol. The van der Waals surface area contributed by atoms with E-state index in [2.05, 4.69) is 20.8 Å². The molecule has 0 aromatic carbocycles. The smallest absolute Gasteiger partial charge is 0.407 e. The lowest BCUT2D eigenvalue weighted by Gasteiger charge is -2.58. The molecule has 2 aliphatic rings. The van der Waals surface area contributed by atoms with Gasteiger partial charge < -0.3 is 5.11 Å². The number of hydrogen-bond acceptors (Lipinski definition) is 2. The van der Waals surface area contributed by atoms with Crippen LogP contribution >= 0.6 is 0 Å². The third-order valence-corrected chi connectivity index (χ3v) is 4.15. The zero-order valence-corrected chi connectivity index (χ0v) is 9.41. The van der Waals surface area contributed by atoms with Gasteiger partial charge in [0.2, 0.25) is 0 Å². The highest BCUT2D eigenvalue weighted by molar-refractivity contribution is 5.92. The van der Waals surface area contributed by atoms with Gasteiger partial charge in [-0.3, -0.25) is 9.69 Å². The molecule has 0 spiro atoms. The van der Waals surface area contributed by atoms with Crippen molar-refractivity contribution in [3.05, 3.63) is 0 Å². The zero-order chi connectivity index (χ0) is 11.4. The number of nitrogens with zero attached hydrogens (tertiary/aromatic N) is 1. The molecule has 1 N–H and O–H groups in total. The molecule has 0 unspecified atom stereocenters. The maximum absolute atomic E-state index is 11.7. The summed E-state index contributed by atoms with van der Waals surface area (Å²) in [4.78, 5) is 23.9. The Morgan fingerprint density at radius 1 is 1.53 bits per heavy atom. The molecule has 4 heteroatoms. The lowest BCUT2D eigenvalue weighted by Crippen LogP contribution is -2.69. The largest absolute Gasteiger partial charge is 0.465 e. The number of carboxylic acid groups (broad SMARTS) is 1. The lowest BCUT2D eigenvalue weighted by molar-refractivity contribution is -0.142. The van der Waals surface area contributed by atoms with E-state index in [-0.39, 0.29) is 22.7 Å². The fourth-order valence-corrected chi connectivity index (χ4v) is 3.05. The van der Waals surface area contributed by atoms with E-state index in [1.165, 1.54) is 4.90 Å². The van der Waals surface area contributed by atoms with Crippen molar-refractivity contribution in [2.45, 2.75) is 39.7 Å². The van der Waals surface area contributed by atoms with E-state index in [4.69, 9.17) is 5.11 Å². The SMILES string of the molecule is CC(C)(C)[C@@]12CCC(=O)[C@@H]1N(C(=O)O)C2. The van der Waals surface area contributed by atoms with Crippen LogP contribution in [0.15, 0.2) is 0 Å². The van der Waals surface area contributed by atoms with Crippen molar-refractivity contribution in [2.75, 3.05) is 6.54 Å². The average molecular weight is 211 g/mol. The summed E-state index contributed by atoms with van der Waals surface area (Å²) in [5, 5.41) is 8.95. The molecule has 0 aromatic heterocycles. The number of carbonyl (C=O) groups excluding carboxylic acids is 1. The minimum atomic E-state index is -0.963. The Morgan fingerprint density at radius 3 is 2.60 bits per heavy atom. The molecule has 2 fully saturated rings. The molecule has 2 rings (SSSR count). The summed E-state index contributed by atoms with van der Waals surface area (Å²) in [6.07, 6.45) is 0.408. The molecule has 1 saturated carbocycles. The Morgan fingerprint density at radius 2 is 2.13 bits per heavy atom. The first-order valence-corrected chi connectivity index (χ1v) is 5.32. The molecule has 15 heavy (non-hydrogen) atoms. The highest BCUT2D eigenvalue weighted by atomic mass is 16.4. The first kappa shape index (κ1) is 10.5. The summed E-state index contributed by atoms with van der Waals surface area (Å²) >= 11 is 0. The van der Waals surface area contributed by atoms with Crippen LogP contribution in [0.5, 0.6) is 0 Å². The second-order valence-electron chi connectivity index (χ2n) is 5.69. The van der Waals surface area contributed by atoms with Gasteiger partial charge >= 0.3 is 6.09 Å². The molecule has 1 aliphatic carbocycles. The van der Waals surface area contributed by atoms with E-state index in [0.29, 0.717) is 13.0 Å². The van der Waals surface area contributed by atoms with E-state index in [0.717, 1.165) is 6.42 Å². The van der Waals surface area contributed by atoms with Gasteiger partial charge in [-0.15, -0.1) is 0 Å². The topological polar surface area (TPSA) is 57.6 Å². The van der Waals surface area contributed by atoms with Crippen LogP contribution in [0.1, 0.15) is 33.6 Å². The highest BCUT2D eigenvalue weighted by Gasteiger charge is 2.65. The highest BCUT2D eigenvalue weighted by Crippen LogP contribution is 2.58. The molecule has 4 nitrogen and oxygen atoms in total. The van der Waals surface area contributed by atoms with Gasteiger partial charge in [-0.25, -0.2) is 4.79 Å². The Hall–Kier alpha value is -1.06. The Bertz CT molecular complexity index is 331. The molecule has 84 valence electrons. The van der Waals surface area contributed by atoms with Crippen LogP contribution in [0.3, 0.4) is 0 Å². The quantitative estimate of drug-likeness (QED) is 0.664. The molecule has 2 atom stereocenters. The third kappa shape index (κ3) is 1.13. The molecular weight excluding hydrogens is 194 g/mol. The molecular formula is C11H17NO3. The first-order chi connectivity index (χ1) is 6.79. The van der Waals surface area contributed by atoms with Crippen LogP contribution in [0, 0.1) is 10.8 Å². The summed E-state index contributed by atoms with van der Waals surface area (Å²) in [7, 11) is 0. The number of carbonyl (C=O) groups is 2. The number of rotatable bonds is 0. The summed E-state index contributed by atoms with van der Waals surface area (Å²) in [6, 6.07) is -0.380. The van der Waals surface area contributed by atoms with Crippen LogP contribution in [0.4, 0.5) is 4.79 Å². The van der Waals surface area contributed by atoms with Crippen molar-refractivity contribution in [3.8, 4) is 0 Å². The second kappa shape index (κ2) is 2.74. The van der Waals surface area contributed by atoms with Crippen molar-refractivity contribution >= 4 is 11.9 Å². The van der Waals surface area contributed by atoms with E-state index in [1.807, 2.05) is 0 Å². The van der Waals surface area contributed by atoms with Gasteiger partial charge in [0.1, 0.15) is 6.04 Å². The van der Waals surface area contributed by atoms with Crippen molar-refractivity contribution in [3.63, 3.8) is 0 Å². The summed E-state index contributed by atoms with van der Waals surface area (Å²) in [5.41, 5.74) is -0.113. The number of fused-ring (bicyclic) bond motifs is 1. The summed E-state index contributed by atoms with van der Waals surface area (Å²) < 4.78 is 0. The minimum absolute atomic E-state index is 0.00419. The molecule has 1 amide bonds. The van der Waals surface area contributed by atoms with Crippen LogP contribution in [-0.2, 0) is 4.79 Å². The molecule has 1 heterocycles. The molecule has 0 radical (unpaired) electrons.